The maximum atomic E-state index is 12.9. The Morgan fingerprint density at radius 3 is 2.30 bits per heavy atom. The Morgan fingerprint density at radius 2 is 1.65 bits per heavy atom. The highest BCUT2D eigenvalue weighted by atomic mass is 19.1. The fourth-order valence-electron chi connectivity index (χ4n) is 2.95. The van der Waals surface area contributed by atoms with Crippen LogP contribution >= 0.6 is 0 Å². The first-order chi connectivity index (χ1) is 9.72. The molecule has 2 heteroatoms. The second kappa shape index (κ2) is 5.76. The fourth-order valence-corrected chi connectivity index (χ4v) is 2.95. The van der Waals surface area contributed by atoms with Crippen LogP contribution in [0.15, 0.2) is 54.6 Å². The molecule has 3 rings (SSSR count). The predicted octanol–water partition coefficient (Wildman–Crippen LogP) is 4.42. The molecule has 1 fully saturated rings. The molecule has 0 saturated heterocycles. The van der Waals surface area contributed by atoms with Crippen LogP contribution in [-0.4, -0.2) is 6.04 Å². The van der Waals surface area contributed by atoms with Crippen molar-refractivity contribution in [2.24, 2.45) is 0 Å². The van der Waals surface area contributed by atoms with Gasteiger partial charge in [0.1, 0.15) is 5.82 Å². The Labute approximate surface area is 119 Å². The molecule has 0 aromatic heterocycles. The zero-order valence-electron chi connectivity index (χ0n) is 11.7. The first-order valence-electron chi connectivity index (χ1n) is 7.29. The smallest absolute Gasteiger partial charge is 0.123 e. The predicted molar refractivity (Wildman–Crippen MR) is 80.2 cm³/mol. The summed E-state index contributed by atoms with van der Waals surface area (Å²) in [5.41, 5.74) is 2.59. The van der Waals surface area contributed by atoms with E-state index in [1.54, 1.807) is 12.1 Å². The molecule has 0 unspecified atom stereocenters. The van der Waals surface area contributed by atoms with Crippen molar-refractivity contribution in [3.63, 3.8) is 0 Å². The summed E-state index contributed by atoms with van der Waals surface area (Å²) in [6, 6.07) is 18.4. The van der Waals surface area contributed by atoms with E-state index in [0.717, 1.165) is 12.8 Å². The van der Waals surface area contributed by atoms with Crippen LogP contribution in [0.3, 0.4) is 0 Å². The fraction of sp³-hybridized carbons (Fsp3) is 0.333. The highest BCUT2D eigenvalue weighted by Gasteiger charge is 2.30. The monoisotopic (exact) mass is 269 g/mol. The third-order valence-electron chi connectivity index (χ3n) is 4.26. The first kappa shape index (κ1) is 13.3. The molecular weight excluding hydrogens is 249 g/mol. The molecule has 0 spiro atoms. The summed E-state index contributed by atoms with van der Waals surface area (Å²) in [5, 5.41) is 3.67. The Morgan fingerprint density at radius 1 is 1.00 bits per heavy atom. The Balaban J connectivity index is 1.52. The van der Waals surface area contributed by atoms with Gasteiger partial charge in [-0.15, -0.1) is 0 Å². The third-order valence-corrected chi connectivity index (χ3v) is 4.26. The van der Waals surface area contributed by atoms with Gasteiger partial charge in [0.15, 0.2) is 0 Å². The van der Waals surface area contributed by atoms with Crippen molar-refractivity contribution in [3.05, 3.63) is 71.5 Å². The number of hydrogen-bond acceptors (Lipinski definition) is 1. The van der Waals surface area contributed by atoms with E-state index in [-0.39, 0.29) is 5.82 Å². The lowest BCUT2D eigenvalue weighted by molar-refractivity contribution is 0.271. The van der Waals surface area contributed by atoms with Gasteiger partial charge in [-0.25, -0.2) is 4.39 Å². The van der Waals surface area contributed by atoms with Crippen molar-refractivity contribution in [2.45, 2.75) is 37.8 Å². The normalized spacial score (nSPS) is 23.1. The molecule has 2 aromatic carbocycles. The maximum absolute atomic E-state index is 12.9. The van der Waals surface area contributed by atoms with Crippen LogP contribution in [-0.2, 0) is 0 Å². The minimum absolute atomic E-state index is 0.152. The van der Waals surface area contributed by atoms with E-state index in [4.69, 9.17) is 0 Å². The van der Waals surface area contributed by atoms with Crippen LogP contribution in [0.2, 0.25) is 0 Å². The Hall–Kier alpha value is -1.67. The minimum atomic E-state index is -0.152. The molecule has 1 saturated carbocycles. The van der Waals surface area contributed by atoms with E-state index in [1.807, 2.05) is 18.2 Å². The molecule has 0 radical (unpaired) electrons. The van der Waals surface area contributed by atoms with E-state index in [2.05, 4.69) is 36.5 Å². The van der Waals surface area contributed by atoms with Gasteiger partial charge in [0.2, 0.25) is 0 Å². The van der Waals surface area contributed by atoms with E-state index < -0.39 is 0 Å². The molecule has 1 aliphatic carbocycles. The molecule has 2 aromatic rings. The van der Waals surface area contributed by atoms with Gasteiger partial charge >= 0.3 is 0 Å². The van der Waals surface area contributed by atoms with Crippen LogP contribution in [0.25, 0.3) is 0 Å². The van der Waals surface area contributed by atoms with Crippen LogP contribution < -0.4 is 5.32 Å². The molecule has 1 aliphatic rings. The summed E-state index contributed by atoms with van der Waals surface area (Å²) < 4.78 is 12.9. The molecule has 104 valence electrons. The van der Waals surface area contributed by atoms with Crippen molar-refractivity contribution in [3.8, 4) is 0 Å². The molecule has 0 amide bonds. The lowest BCUT2D eigenvalue weighted by Gasteiger charge is -2.38. The highest BCUT2D eigenvalue weighted by Crippen LogP contribution is 2.37. The van der Waals surface area contributed by atoms with Crippen molar-refractivity contribution in [1.29, 1.82) is 0 Å². The Kier molecular flexibility index (Phi) is 3.83. The van der Waals surface area contributed by atoms with E-state index in [0.29, 0.717) is 18.0 Å². The van der Waals surface area contributed by atoms with Gasteiger partial charge in [-0.3, -0.25) is 0 Å². The quantitative estimate of drug-likeness (QED) is 0.866. The van der Waals surface area contributed by atoms with Crippen molar-refractivity contribution in [1.82, 2.24) is 5.32 Å². The summed E-state index contributed by atoms with van der Waals surface area (Å²) in [5.74, 6) is 0.427. The molecule has 1 atom stereocenters. The van der Waals surface area contributed by atoms with Gasteiger partial charge < -0.3 is 5.32 Å². The number of nitrogens with one attached hydrogen (secondary N) is 1. The van der Waals surface area contributed by atoms with Crippen LogP contribution in [0, 0.1) is 5.82 Å². The van der Waals surface area contributed by atoms with Gasteiger partial charge in [0.05, 0.1) is 0 Å². The standard InChI is InChI=1S/C18H20FN/c1-13(14-5-3-2-4-6-14)20-18-11-16(12-18)15-7-9-17(19)10-8-15/h2-10,13,16,18,20H,11-12H2,1H3/t13-,16?,18?/m1/s1. The van der Waals surface area contributed by atoms with Gasteiger partial charge in [0.25, 0.3) is 0 Å². The van der Waals surface area contributed by atoms with Gasteiger partial charge in [-0.05, 0) is 48.9 Å². The first-order valence-corrected chi connectivity index (χ1v) is 7.29. The van der Waals surface area contributed by atoms with Gasteiger partial charge in [0, 0.05) is 12.1 Å². The highest BCUT2D eigenvalue weighted by molar-refractivity contribution is 5.24. The average Bonchev–Trinajstić information content (AvgIpc) is 2.44. The summed E-state index contributed by atoms with van der Waals surface area (Å²) in [7, 11) is 0. The van der Waals surface area contributed by atoms with E-state index in [1.165, 1.54) is 11.1 Å². The van der Waals surface area contributed by atoms with Crippen molar-refractivity contribution >= 4 is 0 Å². The number of benzene rings is 2. The summed E-state index contributed by atoms with van der Waals surface area (Å²) in [4.78, 5) is 0. The lowest BCUT2D eigenvalue weighted by Crippen LogP contribution is -2.41. The largest absolute Gasteiger partial charge is 0.307 e. The number of halogens is 1. The minimum Gasteiger partial charge on any atom is -0.307 e. The van der Waals surface area contributed by atoms with Gasteiger partial charge in [-0.2, -0.15) is 0 Å². The van der Waals surface area contributed by atoms with Gasteiger partial charge in [-0.1, -0.05) is 42.5 Å². The molecule has 20 heavy (non-hydrogen) atoms. The molecular formula is C18H20FN. The molecule has 0 heterocycles. The lowest BCUT2D eigenvalue weighted by atomic mass is 9.75. The summed E-state index contributed by atoms with van der Waals surface area (Å²) in [6.07, 6.45) is 2.28. The second-order valence-electron chi connectivity index (χ2n) is 5.72. The van der Waals surface area contributed by atoms with Crippen molar-refractivity contribution < 1.29 is 4.39 Å². The number of rotatable bonds is 4. The third kappa shape index (κ3) is 2.91. The van der Waals surface area contributed by atoms with Crippen LogP contribution in [0.1, 0.15) is 42.9 Å². The van der Waals surface area contributed by atoms with Crippen LogP contribution in [0.4, 0.5) is 4.39 Å². The number of hydrogen-bond donors (Lipinski definition) is 1. The molecule has 1 N–H and O–H groups in total. The molecule has 0 bridgehead atoms. The average molecular weight is 269 g/mol. The molecule has 1 nitrogen and oxygen atoms in total. The molecule has 0 aliphatic heterocycles. The van der Waals surface area contributed by atoms with E-state index in [9.17, 15) is 4.39 Å². The summed E-state index contributed by atoms with van der Waals surface area (Å²) in [6.45, 7) is 2.21. The van der Waals surface area contributed by atoms with E-state index >= 15 is 0 Å². The van der Waals surface area contributed by atoms with Crippen molar-refractivity contribution in [2.75, 3.05) is 0 Å². The zero-order valence-corrected chi connectivity index (χ0v) is 11.7. The maximum Gasteiger partial charge on any atom is 0.123 e. The second-order valence-corrected chi connectivity index (χ2v) is 5.72. The topological polar surface area (TPSA) is 12.0 Å². The Bertz CT molecular complexity index is 543. The van der Waals surface area contributed by atoms with Crippen LogP contribution in [0.5, 0.6) is 0 Å². The zero-order chi connectivity index (χ0) is 13.9. The summed E-state index contributed by atoms with van der Waals surface area (Å²) >= 11 is 0. The SMILES string of the molecule is C[C@@H](NC1CC(c2ccc(F)cc2)C1)c1ccccc1.